The quantitative estimate of drug-likeness (QED) is 0.541. The minimum Gasteiger partial charge on any atom is -0.445 e. The van der Waals surface area contributed by atoms with Gasteiger partial charge in [0, 0.05) is 18.4 Å². The molecule has 2 N–H and O–H groups in total. The van der Waals surface area contributed by atoms with Gasteiger partial charge in [-0.05, 0) is 45.3 Å². The van der Waals surface area contributed by atoms with E-state index in [0.29, 0.717) is 24.0 Å². The number of aromatic nitrogens is 2. The summed E-state index contributed by atoms with van der Waals surface area (Å²) in [6, 6.07) is 5.57. The minimum atomic E-state index is -0.435. The maximum Gasteiger partial charge on any atom is 0.494 e. The minimum absolute atomic E-state index is 0.0921. The van der Waals surface area contributed by atoms with Gasteiger partial charge in [-0.15, -0.1) is 0 Å². The molecule has 4 rings (SSSR count). The lowest BCUT2D eigenvalue weighted by Gasteiger charge is -2.32. The van der Waals surface area contributed by atoms with Crippen LogP contribution >= 0.6 is 11.3 Å². The SMILES string of the molecule is CC(C)(C)c1cnc(CCNC(=O)Nc2nc3ccc(B4OC(C)(C)C(C)(C)O4)cc3s2)o1. The monoisotopic (exact) mass is 470 g/mol. The molecule has 33 heavy (non-hydrogen) atoms. The molecule has 0 spiro atoms. The van der Waals surface area contributed by atoms with Crippen molar-refractivity contribution < 1.29 is 18.5 Å². The molecule has 0 radical (unpaired) electrons. The van der Waals surface area contributed by atoms with Crippen LogP contribution in [0.3, 0.4) is 0 Å². The van der Waals surface area contributed by atoms with E-state index in [0.717, 1.165) is 21.4 Å². The van der Waals surface area contributed by atoms with Gasteiger partial charge in [-0.3, -0.25) is 5.32 Å². The number of benzene rings is 1. The number of nitrogens with one attached hydrogen (secondary N) is 2. The fourth-order valence-corrected chi connectivity index (χ4v) is 4.23. The number of urea groups is 1. The second kappa shape index (κ2) is 8.41. The van der Waals surface area contributed by atoms with Gasteiger partial charge in [-0.2, -0.15) is 0 Å². The number of nitrogens with zero attached hydrogens (tertiary/aromatic N) is 2. The van der Waals surface area contributed by atoms with E-state index in [1.165, 1.54) is 11.3 Å². The summed E-state index contributed by atoms with van der Waals surface area (Å²) in [4.78, 5) is 21.1. The highest BCUT2D eigenvalue weighted by molar-refractivity contribution is 7.22. The molecule has 3 aromatic rings. The smallest absolute Gasteiger partial charge is 0.445 e. The lowest BCUT2D eigenvalue weighted by atomic mass is 9.79. The van der Waals surface area contributed by atoms with Gasteiger partial charge in [-0.25, -0.2) is 14.8 Å². The first kappa shape index (κ1) is 23.7. The number of rotatable bonds is 5. The number of oxazole rings is 1. The van der Waals surface area contributed by atoms with Crippen LogP contribution in [0.4, 0.5) is 9.93 Å². The zero-order valence-electron chi connectivity index (χ0n) is 20.2. The van der Waals surface area contributed by atoms with Crippen LogP contribution in [0.15, 0.2) is 28.8 Å². The van der Waals surface area contributed by atoms with Crippen LogP contribution in [0.25, 0.3) is 10.2 Å². The van der Waals surface area contributed by atoms with Gasteiger partial charge >= 0.3 is 13.1 Å². The highest BCUT2D eigenvalue weighted by Crippen LogP contribution is 2.37. The zero-order valence-corrected chi connectivity index (χ0v) is 21.1. The van der Waals surface area contributed by atoms with Crippen LogP contribution in [-0.4, -0.2) is 40.9 Å². The highest BCUT2D eigenvalue weighted by Gasteiger charge is 2.51. The van der Waals surface area contributed by atoms with Gasteiger partial charge in [0.15, 0.2) is 11.0 Å². The van der Waals surface area contributed by atoms with Crippen molar-refractivity contribution in [1.82, 2.24) is 15.3 Å². The van der Waals surface area contributed by atoms with E-state index in [-0.39, 0.29) is 11.4 Å². The third-order valence-electron chi connectivity index (χ3n) is 6.08. The van der Waals surface area contributed by atoms with Crippen LogP contribution in [0.5, 0.6) is 0 Å². The average Bonchev–Trinajstić information content (AvgIpc) is 3.37. The average molecular weight is 470 g/mol. The Bertz CT molecular complexity index is 1150. The molecule has 10 heteroatoms. The largest absolute Gasteiger partial charge is 0.494 e. The number of fused-ring (bicyclic) bond motifs is 1. The molecule has 176 valence electrons. The zero-order chi connectivity index (χ0) is 24.0. The van der Waals surface area contributed by atoms with Crippen molar-refractivity contribution in [2.75, 3.05) is 11.9 Å². The Morgan fingerprint density at radius 3 is 2.48 bits per heavy atom. The van der Waals surface area contributed by atoms with E-state index in [9.17, 15) is 4.79 Å². The molecule has 2 amide bonds. The predicted octanol–water partition coefficient (Wildman–Crippen LogP) is 4.25. The number of hydrogen-bond donors (Lipinski definition) is 2. The number of thiazole rings is 1. The van der Waals surface area contributed by atoms with Gasteiger partial charge < -0.3 is 19.0 Å². The maximum atomic E-state index is 12.3. The summed E-state index contributed by atoms with van der Waals surface area (Å²) >= 11 is 1.41. The van der Waals surface area contributed by atoms with Crippen LogP contribution < -0.4 is 16.1 Å². The second-order valence-corrected chi connectivity index (χ2v) is 11.4. The molecule has 8 nitrogen and oxygen atoms in total. The third-order valence-corrected chi connectivity index (χ3v) is 7.01. The highest BCUT2D eigenvalue weighted by atomic mass is 32.1. The van der Waals surface area contributed by atoms with Crippen molar-refractivity contribution >= 4 is 45.3 Å². The maximum absolute atomic E-state index is 12.3. The van der Waals surface area contributed by atoms with Gasteiger partial charge in [0.05, 0.1) is 27.6 Å². The van der Waals surface area contributed by atoms with E-state index in [4.69, 9.17) is 13.7 Å². The lowest BCUT2D eigenvalue weighted by Crippen LogP contribution is -2.41. The van der Waals surface area contributed by atoms with Crippen molar-refractivity contribution in [3.63, 3.8) is 0 Å². The van der Waals surface area contributed by atoms with Crippen molar-refractivity contribution in [2.45, 2.75) is 71.5 Å². The van der Waals surface area contributed by atoms with Gasteiger partial charge in [0.2, 0.25) is 0 Å². The normalized spacial score (nSPS) is 17.5. The van der Waals surface area contributed by atoms with Crippen LogP contribution in [-0.2, 0) is 21.1 Å². The molecular formula is C23H31BN4O4S. The number of carbonyl (C=O) groups excluding carboxylic acids is 1. The summed E-state index contributed by atoms with van der Waals surface area (Å²) in [6.45, 7) is 14.7. The molecule has 0 unspecified atom stereocenters. The van der Waals surface area contributed by atoms with E-state index in [1.807, 2.05) is 45.9 Å². The van der Waals surface area contributed by atoms with Crippen LogP contribution in [0, 0.1) is 0 Å². The first-order valence-electron chi connectivity index (χ1n) is 11.1. The topological polar surface area (TPSA) is 98.5 Å². The fraction of sp³-hybridized carbons (Fsp3) is 0.522. The molecule has 0 atom stereocenters. The molecular weight excluding hydrogens is 439 g/mol. The van der Waals surface area contributed by atoms with Crippen LogP contribution in [0.2, 0.25) is 0 Å². The molecule has 0 bridgehead atoms. The lowest BCUT2D eigenvalue weighted by molar-refractivity contribution is 0.00578. The third kappa shape index (κ3) is 5.07. The summed E-state index contributed by atoms with van der Waals surface area (Å²) in [6.07, 6.45) is 2.26. The molecule has 1 fully saturated rings. The molecule has 1 aliphatic rings. The van der Waals surface area contributed by atoms with E-state index >= 15 is 0 Å². The number of carbonyl (C=O) groups is 1. The van der Waals surface area contributed by atoms with Gasteiger partial charge in [-0.1, -0.05) is 38.2 Å². The first-order valence-corrected chi connectivity index (χ1v) is 11.9. The van der Waals surface area contributed by atoms with Gasteiger partial charge in [0.1, 0.15) is 5.76 Å². The van der Waals surface area contributed by atoms with Gasteiger partial charge in [0.25, 0.3) is 0 Å². The Morgan fingerprint density at radius 1 is 1.15 bits per heavy atom. The van der Waals surface area contributed by atoms with Crippen molar-refractivity contribution in [3.05, 3.63) is 36.0 Å². The number of hydrogen-bond acceptors (Lipinski definition) is 7. The Kier molecular flexibility index (Phi) is 6.05. The summed E-state index contributed by atoms with van der Waals surface area (Å²) in [5.41, 5.74) is 0.854. The Morgan fingerprint density at radius 2 is 1.85 bits per heavy atom. The molecule has 1 aliphatic heterocycles. The van der Waals surface area contributed by atoms with E-state index in [2.05, 4.69) is 41.4 Å². The predicted molar refractivity (Wildman–Crippen MR) is 131 cm³/mol. The molecule has 0 aliphatic carbocycles. The first-order chi connectivity index (χ1) is 15.3. The molecule has 0 saturated carbocycles. The number of anilines is 1. The van der Waals surface area contributed by atoms with E-state index < -0.39 is 18.3 Å². The Labute approximate surface area is 198 Å². The Balaban J connectivity index is 1.34. The summed E-state index contributed by atoms with van der Waals surface area (Å²) in [5.74, 6) is 1.44. The summed E-state index contributed by atoms with van der Waals surface area (Å²) in [5, 5.41) is 6.16. The molecule has 3 heterocycles. The summed E-state index contributed by atoms with van der Waals surface area (Å²) in [7, 11) is -0.435. The standard InChI is InChI=1S/C23H31BN4O4S/c1-21(2,3)17-13-26-18(30-17)10-11-25-19(29)28-20-27-15-9-8-14(12-16(15)33-20)24-31-22(4,5)23(6,7)32-24/h8-9,12-13H,10-11H2,1-7H3,(H2,25,27,28,29). The number of amides is 2. The van der Waals surface area contributed by atoms with Crippen molar-refractivity contribution in [1.29, 1.82) is 0 Å². The summed E-state index contributed by atoms with van der Waals surface area (Å²) < 4.78 is 19.0. The van der Waals surface area contributed by atoms with Crippen molar-refractivity contribution in [2.24, 2.45) is 0 Å². The van der Waals surface area contributed by atoms with Crippen LogP contribution in [0.1, 0.15) is 60.1 Å². The van der Waals surface area contributed by atoms with Crippen molar-refractivity contribution in [3.8, 4) is 0 Å². The Hall–Kier alpha value is -2.43. The molecule has 1 saturated heterocycles. The second-order valence-electron chi connectivity index (χ2n) is 10.3. The molecule has 1 aromatic carbocycles. The fourth-order valence-electron chi connectivity index (χ4n) is 3.32. The molecule has 2 aromatic heterocycles. The van der Waals surface area contributed by atoms with E-state index in [1.54, 1.807) is 6.20 Å².